The van der Waals surface area contributed by atoms with Crippen molar-refractivity contribution >= 4 is 23.3 Å². The summed E-state index contributed by atoms with van der Waals surface area (Å²) in [4.78, 5) is 22.9. The largest absolute Gasteiger partial charge is 0.461 e. The van der Waals surface area contributed by atoms with Gasteiger partial charge in [0.05, 0.1) is 22.9 Å². The second-order valence-electron chi connectivity index (χ2n) is 6.80. The highest BCUT2D eigenvalue weighted by Crippen LogP contribution is 2.37. The van der Waals surface area contributed by atoms with Gasteiger partial charge in [0, 0.05) is 17.7 Å². The first-order valence-electron chi connectivity index (χ1n) is 9.48. The Bertz CT molecular complexity index is 1150. The van der Waals surface area contributed by atoms with Gasteiger partial charge in [-0.15, -0.1) is 0 Å². The zero-order valence-electron chi connectivity index (χ0n) is 16.2. The second-order valence-corrected chi connectivity index (χ2v) is 6.80. The van der Waals surface area contributed by atoms with Gasteiger partial charge in [-0.3, -0.25) is 10.1 Å². The molecule has 0 atom stereocenters. The minimum Gasteiger partial charge on any atom is -0.461 e. The van der Waals surface area contributed by atoms with Crippen molar-refractivity contribution in [2.75, 3.05) is 6.61 Å². The number of carbonyl (C=O) groups is 1. The minimum absolute atomic E-state index is 0.0187. The SMILES string of the molecule is CCOC(=O)c1nn(-c2ccc(F)cc2)c2c1CC/C2=C\c1ccc([N+](=O)[O-])cc1. The number of aromatic nitrogens is 2. The molecule has 30 heavy (non-hydrogen) atoms. The molecule has 0 fully saturated rings. The summed E-state index contributed by atoms with van der Waals surface area (Å²) in [5.74, 6) is -0.860. The van der Waals surface area contributed by atoms with Gasteiger partial charge < -0.3 is 4.74 Å². The lowest BCUT2D eigenvalue weighted by Gasteiger charge is -2.08. The second kappa shape index (κ2) is 7.90. The Morgan fingerprint density at radius 1 is 1.20 bits per heavy atom. The van der Waals surface area contributed by atoms with Crippen LogP contribution in [0.15, 0.2) is 48.5 Å². The molecule has 0 spiro atoms. The van der Waals surface area contributed by atoms with Crippen molar-refractivity contribution < 1.29 is 18.8 Å². The van der Waals surface area contributed by atoms with E-state index in [1.807, 2.05) is 6.08 Å². The van der Waals surface area contributed by atoms with Crippen LogP contribution in [0.1, 0.15) is 40.7 Å². The van der Waals surface area contributed by atoms with E-state index in [1.54, 1.807) is 35.9 Å². The number of allylic oxidation sites excluding steroid dienone is 1. The predicted octanol–water partition coefficient (Wildman–Crippen LogP) is 4.58. The molecule has 1 aliphatic carbocycles. The lowest BCUT2D eigenvalue weighted by atomic mass is 10.1. The van der Waals surface area contributed by atoms with E-state index in [0.717, 1.165) is 22.4 Å². The number of nitro groups is 1. The Labute approximate surface area is 171 Å². The van der Waals surface area contributed by atoms with Crippen LogP contribution in [0.3, 0.4) is 0 Å². The molecule has 152 valence electrons. The molecule has 8 heteroatoms. The molecule has 0 radical (unpaired) electrons. The van der Waals surface area contributed by atoms with Gasteiger partial charge in [-0.2, -0.15) is 5.10 Å². The van der Waals surface area contributed by atoms with Gasteiger partial charge in [-0.05, 0) is 73.4 Å². The average Bonchev–Trinajstić information content (AvgIpc) is 3.30. The Balaban J connectivity index is 1.81. The quantitative estimate of drug-likeness (QED) is 0.351. The van der Waals surface area contributed by atoms with Crippen LogP contribution in [0.4, 0.5) is 10.1 Å². The fourth-order valence-corrected chi connectivity index (χ4v) is 3.56. The summed E-state index contributed by atoms with van der Waals surface area (Å²) in [6.07, 6.45) is 3.22. The number of non-ortho nitro benzene ring substituents is 1. The van der Waals surface area contributed by atoms with Crippen LogP contribution >= 0.6 is 0 Å². The molecule has 0 unspecified atom stereocenters. The summed E-state index contributed by atoms with van der Waals surface area (Å²) in [6.45, 7) is 1.97. The summed E-state index contributed by atoms with van der Waals surface area (Å²) >= 11 is 0. The monoisotopic (exact) mass is 407 g/mol. The summed E-state index contributed by atoms with van der Waals surface area (Å²) in [6, 6.07) is 12.1. The molecule has 0 saturated heterocycles. The van der Waals surface area contributed by atoms with Gasteiger partial charge in [0.15, 0.2) is 5.69 Å². The zero-order chi connectivity index (χ0) is 21.3. The summed E-state index contributed by atoms with van der Waals surface area (Å²) in [5.41, 5.74) is 4.18. The van der Waals surface area contributed by atoms with Crippen LogP contribution in [-0.4, -0.2) is 27.3 Å². The Kier molecular flexibility index (Phi) is 5.14. The number of nitro benzene ring substituents is 1. The first-order chi connectivity index (χ1) is 14.5. The molecule has 1 aliphatic rings. The molecule has 0 N–H and O–H groups in total. The first kappa shape index (κ1) is 19.5. The standard InChI is InChI=1S/C22H18FN3O4/c1-2-30-22(27)20-19-12-5-15(13-14-3-8-18(9-4-14)26(28)29)21(19)25(24-20)17-10-6-16(23)7-11-17/h3-4,6-11,13H,2,5,12H2,1H3/b15-13+. The fraction of sp³-hybridized carbons (Fsp3) is 0.182. The zero-order valence-corrected chi connectivity index (χ0v) is 16.2. The van der Waals surface area contributed by atoms with Gasteiger partial charge in [0.1, 0.15) is 5.82 Å². The molecule has 2 aromatic carbocycles. The predicted molar refractivity (Wildman–Crippen MR) is 109 cm³/mol. The molecule has 4 rings (SSSR count). The van der Waals surface area contributed by atoms with E-state index in [0.29, 0.717) is 18.5 Å². The van der Waals surface area contributed by atoms with Gasteiger partial charge in [-0.25, -0.2) is 13.9 Å². The van der Waals surface area contributed by atoms with Crippen molar-refractivity contribution in [3.63, 3.8) is 0 Å². The molecule has 3 aromatic rings. The number of carbonyl (C=O) groups excluding carboxylic acids is 1. The summed E-state index contributed by atoms with van der Waals surface area (Å²) in [7, 11) is 0. The molecular weight excluding hydrogens is 389 g/mol. The van der Waals surface area contributed by atoms with E-state index in [9.17, 15) is 19.3 Å². The highest BCUT2D eigenvalue weighted by molar-refractivity contribution is 5.94. The third-order valence-corrected chi connectivity index (χ3v) is 4.92. The van der Waals surface area contributed by atoms with Crippen molar-refractivity contribution in [2.45, 2.75) is 19.8 Å². The van der Waals surface area contributed by atoms with Crippen LogP contribution < -0.4 is 0 Å². The third kappa shape index (κ3) is 3.59. The summed E-state index contributed by atoms with van der Waals surface area (Å²) < 4.78 is 20.2. The number of hydrogen-bond acceptors (Lipinski definition) is 5. The minimum atomic E-state index is -0.494. The molecule has 1 aromatic heterocycles. The van der Waals surface area contributed by atoms with E-state index in [4.69, 9.17) is 4.74 Å². The van der Waals surface area contributed by atoms with Crippen LogP contribution in [0, 0.1) is 15.9 Å². The molecule has 7 nitrogen and oxygen atoms in total. The molecule has 1 heterocycles. The molecular formula is C22H18FN3O4. The average molecular weight is 407 g/mol. The number of benzene rings is 2. The smallest absolute Gasteiger partial charge is 0.359 e. The van der Waals surface area contributed by atoms with Crippen LogP contribution in [0.25, 0.3) is 17.3 Å². The first-order valence-corrected chi connectivity index (χ1v) is 9.48. The van der Waals surface area contributed by atoms with Crippen molar-refractivity contribution in [3.8, 4) is 5.69 Å². The maximum absolute atomic E-state index is 13.4. The number of ether oxygens (including phenoxy) is 1. The third-order valence-electron chi connectivity index (χ3n) is 4.92. The number of halogens is 1. The highest BCUT2D eigenvalue weighted by atomic mass is 19.1. The van der Waals surface area contributed by atoms with Crippen molar-refractivity contribution in [3.05, 3.63) is 87.0 Å². The fourth-order valence-electron chi connectivity index (χ4n) is 3.56. The Hall–Kier alpha value is -3.81. The van der Waals surface area contributed by atoms with E-state index in [-0.39, 0.29) is 23.8 Å². The maximum Gasteiger partial charge on any atom is 0.359 e. The van der Waals surface area contributed by atoms with E-state index < -0.39 is 10.9 Å². The highest BCUT2D eigenvalue weighted by Gasteiger charge is 2.30. The number of hydrogen-bond donors (Lipinski definition) is 0. The number of rotatable bonds is 5. The normalized spacial score (nSPS) is 14.0. The lowest BCUT2D eigenvalue weighted by molar-refractivity contribution is -0.384. The van der Waals surface area contributed by atoms with Crippen LogP contribution in [-0.2, 0) is 11.2 Å². The van der Waals surface area contributed by atoms with E-state index in [1.165, 1.54) is 24.3 Å². The number of esters is 1. The van der Waals surface area contributed by atoms with Crippen molar-refractivity contribution in [1.29, 1.82) is 0 Å². The van der Waals surface area contributed by atoms with Crippen molar-refractivity contribution in [2.24, 2.45) is 0 Å². The number of fused-ring (bicyclic) bond motifs is 1. The van der Waals surface area contributed by atoms with E-state index in [2.05, 4.69) is 5.10 Å². The Morgan fingerprint density at radius 2 is 1.90 bits per heavy atom. The van der Waals surface area contributed by atoms with Gasteiger partial charge in [0.25, 0.3) is 5.69 Å². The van der Waals surface area contributed by atoms with Crippen LogP contribution in [0.2, 0.25) is 0 Å². The maximum atomic E-state index is 13.4. The van der Waals surface area contributed by atoms with Gasteiger partial charge in [-0.1, -0.05) is 0 Å². The summed E-state index contributed by atoms with van der Waals surface area (Å²) in [5, 5.41) is 15.3. The Morgan fingerprint density at radius 3 is 2.53 bits per heavy atom. The molecule has 0 aliphatic heterocycles. The topological polar surface area (TPSA) is 87.3 Å². The lowest BCUT2D eigenvalue weighted by Crippen LogP contribution is -2.09. The molecule has 0 saturated carbocycles. The van der Waals surface area contributed by atoms with E-state index >= 15 is 0 Å². The molecule has 0 amide bonds. The van der Waals surface area contributed by atoms with Crippen LogP contribution in [0.5, 0.6) is 0 Å². The van der Waals surface area contributed by atoms with Gasteiger partial charge >= 0.3 is 5.97 Å². The number of nitrogens with zero attached hydrogens (tertiary/aromatic N) is 3. The van der Waals surface area contributed by atoms with Gasteiger partial charge in [0.2, 0.25) is 0 Å². The van der Waals surface area contributed by atoms with Crippen molar-refractivity contribution in [1.82, 2.24) is 9.78 Å². The molecule has 0 bridgehead atoms.